The van der Waals surface area contributed by atoms with Gasteiger partial charge in [-0.15, -0.1) is 5.10 Å². The molecule has 6 heteroatoms. The van der Waals surface area contributed by atoms with E-state index in [4.69, 9.17) is 16.6 Å². The van der Waals surface area contributed by atoms with Crippen molar-refractivity contribution in [1.82, 2.24) is 20.4 Å². The molecule has 1 aromatic rings. The number of nitrogens with one attached hydrogen (secondary N) is 2. The molecule has 0 amide bonds. The monoisotopic (exact) mass is 242 g/mol. The molecular formula is C10H18N4OS. The summed E-state index contributed by atoms with van der Waals surface area (Å²) in [5.41, 5.74) is 0.0581. The summed E-state index contributed by atoms with van der Waals surface area (Å²) in [6.07, 6.45) is 0.778. The van der Waals surface area contributed by atoms with E-state index in [0.29, 0.717) is 10.7 Å². The van der Waals surface area contributed by atoms with Gasteiger partial charge in [0.1, 0.15) is 0 Å². The lowest BCUT2D eigenvalue weighted by Gasteiger charge is -2.40. The van der Waals surface area contributed by atoms with Crippen LogP contribution >= 0.6 is 12.2 Å². The van der Waals surface area contributed by atoms with Crippen molar-refractivity contribution in [2.24, 2.45) is 0 Å². The van der Waals surface area contributed by atoms with Crippen molar-refractivity contribution in [3.8, 4) is 0 Å². The second-order valence-corrected chi connectivity index (χ2v) is 5.10. The summed E-state index contributed by atoms with van der Waals surface area (Å²) < 4.78 is 5.32. The molecule has 2 heterocycles. The van der Waals surface area contributed by atoms with Crippen molar-refractivity contribution < 1.29 is 4.42 Å². The zero-order valence-corrected chi connectivity index (χ0v) is 10.6. The van der Waals surface area contributed by atoms with E-state index in [2.05, 4.69) is 34.3 Å². The summed E-state index contributed by atoms with van der Waals surface area (Å²) in [5.74, 6) is 0.688. The SMILES string of the molecule is CC(C)(Cc1n[nH]c(=S)o1)N1CCNCC1. The van der Waals surface area contributed by atoms with Gasteiger partial charge >= 0.3 is 0 Å². The summed E-state index contributed by atoms with van der Waals surface area (Å²) >= 11 is 4.87. The third-order valence-electron chi connectivity index (χ3n) is 3.04. The number of H-pyrrole nitrogens is 1. The van der Waals surface area contributed by atoms with Crippen LogP contribution in [0.25, 0.3) is 0 Å². The Labute approximate surface area is 100 Å². The number of hydrogen-bond acceptors (Lipinski definition) is 5. The first kappa shape index (κ1) is 11.8. The fourth-order valence-electron chi connectivity index (χ4n) is 2.09. The van der Waals surface area contributed by atoms with Crippen molar-refractivity contribution in [1.29, 1.82) is 0 Å². The first-order valence-electron chi connectivity index (χ1n) is 5.58. The number of aromatic amines is 1. The number of aromatic nitrogens is 2. The molecule has 1 aromatic heterocycles. The number of hydrogen-bond donors (Lipinski definition) is 2. The molecule has 1 aliphatic rings. The molecule has 90 valence electrons. The molecule has 2 N–H and O–H groups in total. The third kappa shape index (κ3) is 2.69. The number of rotatable bonds is 3. The molecule has 0 atom stereocenters. The lowest BCUT2D eigenvalue weighted by Crippen LogP contribution is -2.54. The average Bonchev–Trinajstić information content (AvgIpc) is 2.64. The van der Waals surface area contributed by atoms with Crippen LogP contribution in [0.3, 0.4) is 0 Å². The number of piperazine rings is 1. The molecule has 1 fully saturated rings. The van der Waals surface area contributed by atoms with E-state index in [1.165, 1.54) is 0 Å². The van der Waals surface area contributed by atoms with Crippen LogP contribution in [0.2, 0.25) is 0 Å². The topological polar surface area (TPSA) is 57.1 Å². The van der Waals surface area contributed by atoms with Gasteiger partial charge in [-0.1, -0.05) is 0 Å². The van der Waals surface area contributed by atoms with Crippen LogP contribution in [-0.2, 0) is 6.42 Å². The van der Waals surface area contributed by atoms with E-state index in [-0.39, 0.29) is 5.54 Å². The smallest absolute Gasteiger partial charge is 0.284 e. The van der Waals surface area contributed by atoms with Crippen LogP contribution in [0.5, 0.6) is 0 Å². The van der Waals surface area contributed by atoms with Crippen LogP contribution in [0.1, 0.15) is 19.7 Å². The van der Waals surface area contributed by atoms with Gasteiger partial charge in [0.05, 0.1) is 0 Å². The van der Waals surface area contributed by atoms with E-state index < -0.39 is 0 Å². The van der Waals surface area contributed by atoms with Crippen LogP contribution < -0.4 is 5.32 Å². The standard InChI is InChI=1S/C10H18N4OS/c1-10(2,14-5-3-11-4-6-14)7-8-12-13-9(16)15-8/h11H,3-7H2,1-2H3,(H,13,16). The van der Waals surface area contributed by atoms with Crippen LogP contribution in [0.15, 0.2) is 4.42 Å². The summed E-state index contributed by atoms with van der Waals surface area (Å²) in [7, 11) is 0. The van der Waals surface area contributed by atoms with Gasteiger partial charge in [-0.05, 0) is 26.1 Å². The molecule has 1 aliphatic heterocycles. The largest absolute Gasteiger partial charge is 0.414 e. The Hall–Kier alpha value is -0.720. The van der Waals surface area contributed by atoms with Crippen molar-refractivity contribution in [2.75, 3.05) is 26.2 Å². The Kier molecular flexibility index (Phi) is 3.41. The highest BCUT2D eigenvalue weighted by atomic mass is 32.1. The highest BCUT2D eigenvalue weighted by Gasteiger charge is 2.29. The Morgan fingerprint density at radius 2 is 2.12 bits per heavy atom. The Balaban J connectivity index is 2.03. The van der Waals surface area contributed by atoms with Crippen LogP contribution in [0.4, 0.5) is 0 Å². The lowest BCUT2D eigenvalue weighted by atomic mass is 9.97. The van der Waals surface area contributed by atoms with Crippen LogP contribution in [-0.4, -0.2) is 46.8 Å². The van der Waals surface area contributed by atoms with Gasteiger partial charge in [0.15, 0.2) is 0 Å². The third-order valence-corrected chi connectivity index (χ3v) is 3.21. The summed E-state index contributed by atoms with van der Waals surface area (Å²) in [6, 6.07) is 0. The summed E-state index contributed by atoms with van der Waals surface area (Å²) in [5, 5.41) is 10.1. The maximum Gasteiger partial charge on any atom is 0.284 e. The van der Waals surface area contributed by atoms with E-state index in [0.717, 1.165) is 32.6 Å². The van der Waals surface area contributed by atoms with Crippen molar-refractivity contribution >= 4 is 12.2 Å². The highest BCUT2D eigenvalue weighted by molar-refractivity contribution is 7.71. The van der Waals surface area contributed by atoms with Gasteiger partial charge in [-0.25, -0.2) is 5.10 Å². The van der Waals surface area contributed by atoms with Crippen LogP contribution in [0, 0.1) is 4.84 Å². The maximum absolute atomic E-state index is 5.32. The van der Waals surface area contributed by atoms with E-state index >= 15 is 0 Å². The van der Waals surface area contributed by atoms with Crippen molar-refractivity contribution in [2.45, 2.75) is 25.8 Å². The van der Waals surface area contributed by atoms with Gasteiger partial charge in [-0.3, -0.25) is 4.90 Å². The predicted molar refractivity (Wildman–Crippen MR) is 63.9 cm³/mol. The minimum Gasteiger partial charge on any atom is -0.414 e. The quantitative estimate of drug-likeness (QED) is 0.773. The molecule has 0 radical (unpaired) electrons. The summed E-state index contributed by atoms with van der Waals surface area (Å²) in [6.45, 7) is 8.66. The van der Waals surface area contributed by atoms with Crippen molar-refractivity contribution in [3.63, 3.8) is 0 Å². The van der Waals surface area contributed by atoms with Gasteiger partial charge in [0.25, 0.3) is 4.84 Å². The summed E-state index contributed by atoms with van der Waals surface area (Å²) in [4.78, 5) is 2.81. The Morgan fingerprint density at radius 1 is 1.44 bits per heavy atom. The molecule has 1 saturated heterocycles. The first-order chi connectivity index (χ1) is 7.58. The van der Waals surface area contributed by atoms with Gasteiger partial charge in [0.2, 0.25) is 5.89 Å². The normalized spacial score (nSPS) is 18.9. The minimum atomic E-state index is 0.0581. The van der Waals surface area contributed by atoms with E-state index in [9.17, 15) is 0 Å². The number of nitrogens with zero attached hydrogens (tertiary/aromatic N) is 2. The average molecular weight is 242 g/mol. The fourth-order valence-corrected chi connectivity index (χ4v) is 2.23. The molecule has 0 aliphatic carbocycles. The molecule has 0 bridgehead atoms. The lowest BCUT2D eigenvalue weighted by molar-refractivity contribution is 0.0973. The molecule has 2 rings (SSSR count). The Bertz CT molecular complexity index is 392. The molecule has 0 spiro atoms. The van der Waals surface area contributed by atoms with Gasteiger partial charge in [-0.2, -0.15) is 0 Å². The first-order valence-corrected chi connectivity index (χ1v) is 5.99. The molecule has 0 saturated carbocycles. The Morgan fingerprint density at radius 3 is 2.69 bits per heavy atom. The molecule has 16 heavy (non-hydrogen) atoms. The predicted octanol–water partition coefficient (Wildman–Crippen LogP) is 0.958. The highest BCUT2D eigenvalue weighted by Crippen LogP contribution is 2.19. The second-order valence-electron chi connectivity index (χ2n) is 4.73. The van der Waals surface area contributed by atoms with Crippen molar-refractivity contribution in [3.05, 3.63) is 10.7 Å². The zero-order valence-electron chi connectivity index (χ0n) is 9.75. The zero-order chi connectivity index (χ0) is 11.6. The van der Waals surface area contributed by atoms with E-state index in [1.807, 2.05) is 0 Å². The second kappa shape index (κ2) is 4.65. The van der Waals surface area contributed by atoms with Gasteiger partial charge in [0, 0.05) is 38.1 Å². The van der Waals surface area contributed by atoms with E-state index in [1.54, 1.807) is 0 Å². The fraction of sp³-hybridized carbons (Fsp3) is 0.800. The molecule has 0 unspecified atom stereocenters. The molecular weight excluding hydrogens is 224 g/mol. The van der Waals surface area contributed by atoms with Gasteiger partial charge < -0.3 is 9.73 Å². The molecule has 0 aromatic carbocycles. The maximum atomic E-state index is 5.32. The minimum absolute atomic E-state index is 0.0581. The molecule has 5 nitrogen and oxygen atoms in total.